The summed E-state index contributed by atoms with van der Waals surface area (Å²) in [6.45, 7) is 4.40. The Morgan fingerprint density at radius 1 is 1.13 bits per heavy atom. The molecule has 0 unspecified atom stereocenters. The smallest absolute Gasteiger partial charge is 0.244 e. The molecule has 0 aromatic heterocycles. The van der Waals surface area contributed by atoms with Crippen LogP contribution in [0, 0.1) is 11.7 Å². The second-order valence-corrected chi connectivity index (χ2v) is 8.91. The number of nitrogens with one attached hydrogen (secondary N) is 1. The summed E-state index contributed by atoms with van der Waals surface area (Å²) in [6, 6.07) is 11.4. The number of hydrogen-bond acceptors (Lipinski definition) is 3. The highest BCUT2D eigenvalue weighted by atomic mass is 35.5. The zero-order valence-corrected chi connectivity index (χ0v) is 18.4. The standard InChI is InChI=1S/C24H27ClFN3O2/c1-16-8-11-28(12-9-16)24(31)23-19-5-3-2-4-17(19)10-13-29(23)15-22(30)27-21-7-6-18(26)14-20(21)25/h2-7,14,16,23H,8-13,15H2,1H3,(H,27,30)/t23-/m1/s1. The normalized spacial score (nSPS) is 19.7. The van der Waals surface area contributed by atoms with Crippen molar-refractivity contribution in [3.8, 4) is 0 Å². The van der Waals surface area contributed by atoms with Crippen LogP contribution in [0.25, 0.3) is 0 Å². The molecule has 5 nitrogen and oxygen atoms in total. The molecule has 2 aromatic carbocycles. The van der Waals surface area contributed by atoms with E-state index in [-0.39, 0.29) is 23.4 Å². The maximum atomic E-state index is 13.6. The first-order valence-corrected chi connectivity index (χ1v) is 11.2. The molecule has 2 heterocycles. The summed E-state index contributed by atoms with van der Waals surface area (Å²) in [4.78, 5) is 30.2. The molecule has 1 atom stereocenters. The zero-order chi connectivity index (χ0) is 22.0. The molecule has 4 rings (SSSR count). The van der Waals surface area contributed by atoms with Gasteiger partial charge in [-0.05, 0) is 54.5 Å². The molecular formula is C24H27ClFN3O2. The van der Waals surface area contributed by atoms with E-state index in [2.05, 4.69) is 18.3 Å². The van der Waals surface area contributed by atoms with Crippen molar-refractivity contribution in [3.05, 3.63) is 64.4 Å². The number of likely N-dealkylation sites (tertiary alicyclic amines) is 1. The van der Waals surface area contributed by atoms with E-state index in [0.29, 0.717) is 18.2 Å². The lowest BCUT2D eigenvalue weighted by atomic mass is 9.90. The average Bonchev–Trinajstić information content (AvgIpc) is 2.75. The minimum atomic E-state index is -0.479. The van der Waals surface area contributed by atoms with Crippen LogP contribution >= 0.6 is 11.6 Å². The molecule has 2 aliphatic heterocycles. The number of carbonyl (C=O) groups excluding carboxylic acids is 2. The number of amides is 2. The number of piperidine rings is 1. The SMILES string of the molecule is CC1CCN(C(=O)[C@H]2c3ccccc3CCN2CC(=O)Nc2ccc(F)cc2Cl)CC1. The maximum Gasteiger partial charge on any atom is 0.244 e. The van der Waals surface area contributed by atoms with Crippen LogP contribution in [0.3, 0.4) is 0 Å². The monoisotopic (exact) mass is 443 g/mol. The summed E-state index contributed by atoms with van der Waals surface area (Å²) >= 11 is 6.05. The Bertz CT molecular complexity index is 975. The van der Waals surface area contributed by atoms with Crippen LogP contribution in [0.15, 0.2) is 42.5 Å². The Labute approximate surface area is 187 Å². The van der Waals surface area contributed by atoms with Gasteiger partial charge in [0.2, 0.25) is 11.8 Å². The lowest BCUT2D eigenvalue weighted by Crippen LogP contribution is -2.50. The highest BCUT2D eigenvalue weighted by Crippen LogP contribution is 2.32. The molecule has 31 heavy (non-hydrogen) atoms. The third-order valence-electron chi connectivity index (χ3n) is 6.26. The Balaban J connectivity index is 1.53. The van der Waals surface area contributed by atoms with Crippen molar-refractivity contribution in [2.24, 2.45) is 5.92 Å². The molecule has 1 saturated heterocycles. The van der Waals surface area contributed by atoms with Gasteiger partial charge in [-0.2, -0.15) is 0 Å². The van der Waals surface area contributed by atoms with E-state index >= 15 is 0 Å². The number of nitrogens with zero attached hydrogens (tertiary/aromatic N) is 2. The summed E-state index contributed by atoms with van der Waals surface area (Å²) in [5.41, 5.74) is 2.49. The average molecular weight is 444 g/mol. The molecule has 164 valence electrons. The fourth-order valence-electron chi connectivity index (χ4n) is 4.44. The number of hydrogen-bond donors (Lipinski definition) is 1. The van der Waals surface area contributed by atoms with Gasteiger partial charge in [0.05, 0.1) is 17.3 Å². The van der Waals surface area contributed by atoms with E-state index in [1.54, 1.807) is 0 Å². The van der Waals surface area contributed by atoms with Gasteiger partial charge < -0.3 is 10.2 Å². The van der Waals surface area contributed by atoms with Gasteiger partial charge in [-0.25, -0.2) is 4.39 Å². The fourth-order valence-corrected chi connectivity index (χ4v) is 4.66. The van der Waals surface area contributed by atoms with E-state index in [9.17, 15) is 14.0 Å². The van der Waals surface area contributed by atoms with Gasteiger partial charge in [0.15, 0.2) is 0 Å². The molecule has 2 amide bonds. The lowest BCUT2D eigenvalue weighted by molar-refractivity contribution is -0.139. The molecule has 0 spiro atoms. The second kappa shape index (κ2) is 9.37. The zero-order valence-electron chi connectivity index (χ0n) is 17.6. The van der Waals surface area contributed by atoms with E-state index < -0.39 is 11.9 Å². The van der Waals surface area contributed by atoms with Crippen molar-refractivity contribution in [1.29, 1.82) is 0 Å². The Morgan fingerprint density at radius 3 is 2.61 bits per heavy atom. The highest BCUT2D eigenvalue weighted by Gasteiger charge is 2.37. The molecule has 0 bridgehead atoms. The summed E-state index contributed by atoms with van der Waals surface area (Å²) in [5.74, 6) is -0.0493. The number of fused-ring (bicyclic) bond motifs is 1. The predicted molar refractivity (Wildman–Crippen MR) is 119 cm³/mol. The fraction of sp³-hybridized carbons (Fsp3) is 0.417. The topological polar surface area (TPSA) is 52.7 Å². The van der Waals surface area contributed by atoms with Gasteiger partial charge in [0.25, 0.3) is 0 Å². The van der Waals surface area contributed by atoms with Crippen LogP contribution in [0.4, 0.5) is 10.1 Å². The third kappa shape index (κ3) is 4.91. The van der Waals surface area contributed by atoms with Crippen molar-refractivity contribution in [2.45, 2.75) is 32.2 Å². The minimum Gasteiger partial charge on any atom is -0.341 e. The second-order valence-electron chi connectivity index (χ2n) is 8.50. The molecule has 2 aliphatic rings. The van der Waals surface area contributed by atoms with Gasteiger partial charge in [0.1, 0.15) is 11.9 Å². The van der Waals surface area contributed by atoms with Crippen LogP contribution in [0.5, 0.6) is 0 Å². The number of benzene rings is 2. The lowest BCUT2D eigenvalue weighted by Gasteiger charge is -2.40. The number of halogens is 2. The number of anilines is 1. The van der Waals surface area contributed by atoms with Gasteiger partial charge in [0, 0.05) is 19.6 Å². The first-order valence-electron chi connectivity index (χ1n) is 10.8. The Hall–Kier alpha value is -2.44. The summed E-state index contributed by atoms with van der Waals surface area (Å²) < 4.78 is 13.3. The molecular weight excluding hydrogens is 417 g/mol. The summed E-state index contributed by atoms with van der Waals surface area (Å²) in [6.07, 6.45) is 2.79. The predicted octanol–water partition coefficient (Wildman–Crippen LogP) is 4.28. The van der Waals surface area contributed by atoms with E-state index in [0.717, 1.165) is 49.5 Å². The summed E-state index contributed by atoms with van der Waals surface area (Å²) in [5, 5.41) is 2.90. The molecule has 1 N–H and O–H groups in total. The van der Waals surface area contributed by atoms with Crippen LogP contribution < -0.4 is 5.32 Å². The highest BCUT2D eigenvalue weighted by molar-refractivity contribution is 6.33. The number of rotatable bonds is 4. The molecule has 7 heteroatoms. The Morgan fingerprint density at radius 2 is 1.87 bits per heavy atom. The molecule has 0 saturated carbocycles. The van der Waals surface area contributed by atoms with E-state index in [1.807, 2.05) is 28.0 Å². The molecule has 0 aliphatic carbocycles. The molecule has 0 radical (unpaired) electrons. The first-order chi connectivity index (χ1) is 14.9. The first kappa shape index (κ1) is 21.8. The van der Waals surface area contributed by atoms with Crippen molar-refractivity contribution >= 4 is 29.1 Å². The maximum absolute atomic E-state index is 13.6. The van der Waals surface area contributed by atoms with Gasteiger partial charge in [-0.3, -0.25) is 14.5 Å². The van der Waals surface area contributed by atoms with Gasteiger partial charge in [-0.15, -0.1) is 0 Å². The third-order valence-corrected chi connectivity index (χ3v) is 6.58. The largest absolute Gasteiger partial charge is 0.341 e. The molecule has 2 aromatic rings. The van der Waals surface area contributed by atoms with Crippen LogP contribution in [-0.4, -0.2) is 47.8 Å². The molecule has 1 fully saturated rings. The summed E-state index contributed by atoms with van der Waals surface area (Å²) in [7, 11) is 0. The van der Waals surface area contributed by atoms with E-state index in [4.69, 9.17) is 11.6 Å². The van der Waals surface area contributed by atoms with Crippen molar-refractivity contribution in [2.75, 3.05) is 31.5 Å². The van der Waals surface area contributed by atoms with Crippen molar-refractivity contribution in [3.63, 3.8) is 0 Å². The van der Waals surface area contributed by atoms with Gasteiger partial charge in [-0.1, -0.05) is 42.8 Å². The minimum absolute atomic E-state index is 0.0582. The van der Waals surface area contributed by atoms with Crippen LogP contribution in [0.2, 0.25) is 5.02 Å². The van der Waals surface area contributed by atoms with Crippen molar-refractivity contribution in [1.82, 2.24) is 9.80 Å². The quantitative estimate of drug-likeness (QED) is 0.767. The van der Waals surface area contributed by atoms with Gasteiger partial charge >= 0.3 is 0 Å². The van der Waals surface area contributed by atoms with E-state index in [1.165, 1.54) is 12.1 Å². The Kier molecular flexibility index (Phi) is 6.58. The number of carbonyl (C=O) groups is 2. The van der Waals surface area contributed by atoms with Crippen LogP contribution in [0.1, 0.15) is 36.9 Å². The van der Waals surface area contributed by atoms with Crippen molar-refractivity contribution < 1.29 is 14.0 Å². The van der Waals surface area contributed by atoms with Crippen LogP contribution in [-0.2, 0) is 16.0 Å².